The number of halogens is 3. The lowest BCUT2D eigenvalue weighted by molar-refractivity contribution is -0.274. The molecule has 1 N–H and O–H groups in total. The van der Waals surface area contributed by atoms with Gasteiger partial charge >= 0.3 is 6.36 Å². The second kappa shape index (κ2) is 6.55. The number of para-hydroxylation sites is 1. The minimum Gasteiger partial charge on any atom is -0.505 e. The fourth-order valence-corrected chi connectivity index (χ4v) is 2.57. The summed E-state index contributed by atoms with van der Waals surface area (Å²) in [5, 5.41) is 10.9. The Morgan fingerprint density at radius 1 is 1.15 bits per heavy atom. The van der Waals surface area contributed by atoms with Gasteiger partial charge in [0.15, 0.2) is 5.75 Å². The molecule has 26 heavy (non-hydrogen) atoms. The molecular formula is C18H13F3N2O3. The molecule has 0 amide bonds. The molecule has 1 heterocycles. The fraction of sp³-hybridized carbons (Fsp3) is 0.111. The molecule has 0 radical (unpaired) electrons. The zero-order chi connectivity index (χ0) is 18.9. The summed E-state index contributed by atoms with van der Waals surface area (Å²) in [5.74, 6) is -0.773. The SMILES string of the molecule is CC(=O)n1c(C=Nc2ccc(OC(F)(F)F)cc2)c(O)c2ccccc21. The standard InChI is InChI=1S/C18H13F3N2O3/c1-11(24)23-15-5-3-2-4-14(15)17(25)16(23)10-22-12-6-8-13(9-7-12)26-18(19,20)21/h2-10,25H,1H3. The average Bonchev–Trinajstić information content (AvgIpc) is 2.86. The molecule has 0 aliphatic carbocycles. The number of ether oxygens (including phenoxy) is 1. The van der Waals surface area contributed by atoms with E-state index in [1.807, 2.05) is 0 Å². The van der Waals surface area contributed by atoms with Gasteiger partial charge in [0.25, 0.3) is 0 Å². The summed E-state index contributed by atoms with van der Waals surface area (Å²) in [6.45, 7) is 1.35. The number of fused-ring (bicyclic) bond motifs is 1. The van der Waals surface area contributed by atoms with Gasteiger partial charge in [-0.1, -0.05) is 12.1 Å². The molecule has 0 bridgehead atoms. The van der Waals surface area contributed by atoms with Crippen molar-refractivity contribution in [3.8, 4) is 11.5 Å². The van der Waals surface area contributed by atoms with Crippen molar-refractivity contribution in [3.05, 3.63) is 54.2 Å². The third-order valence-electron chi connectivity index (χ3n) is 3.60. The number of aromatic hydroxyl groups is 1. The van der Waals surface area contributed by atoms with Crippen LogP contribution >= 0.6 is 0 Å². The summed E-state index contributed by atoms with van der Waals surface area (Å²) in [4.78, 5) is 16.1. The number of hydrogen-bond donors (Lipinski definition) is 1. The number of aliphatic imine (C=N–C) groups is 1. The molecule has 3 rings (SSSR count). The summed E-state index contributed by atoms with van der Waals surface area (Å²) < 4.78 is 41.6. The van der Waals surface area contributed by atoms with Crippen molar-refractivity contribution in [3.63, 3.8) is 0 Å². The largest absolute Gasteiger partial charge is 0.573 e. The van der Waals surface area contributed by atoms with E-state index >= 15 is 0 Å². The Kier molecular flexibility index (Phi) is 4.41. The first-order chi connectivity index (χ1) is 12.3. The summed E-state index contributed by atoms with van der Waals surface area (Å²) in [6, 6.07) is 11.7. The molecule has 8 heteroatoms. The highest BCUT2D eigenvalue weighted by Crippen LogP contribution is 2.31. The predicted molar refractivity (Wildman–Crippen MR) is 90.3 cm³/mol. The van der Waals surface area contributed by atoms with Crippen molar-refractivity contribution in [2.24, 2.45) is 4.99 Å². The maximum absolute atomic E-state index is 12.2. The van der Waals surface area contributed by atoms with E-state index in [4.69, 9.17) is 0 Å². The number of nitrogens with zero attached hydrogens (tertiary/aromatic N) is 2. The van der Waals surface area contributed by atoms with E-state index in [2.05, 4.69) is 9.73 Å². The molecule has 5 nitrogen and oxygen atoms in total. The number of alkyl halides is 3. The fourth-order valence-electron chi connectivity index (χ4n) is 2.57. The van der Waals surface area contributed by atoms with E-state index < -0.39 is 6.36 Å². The summed E-state index contributed by atoms with van der Waals surface area (Å²) >= 11 is 0. The van der Waals surface area contributed by atoms with Gasteiger partial charge in [-0.05, 0) is 36.4 Å². The molecule has 0 fully saturated rings. The quantitative estimate of drug-likeness (QED) is 0.690. The van der Waals surface area contributed by atoms with Crippen molar-refractivity contribution in [1.29, 1.82) is 0 Å². The molecule has 0 atom stereocenters. The first kappa shape index (κ1) is 17.5. The lowest BCUT2D eigenvalue weighted by Crippen LogP contribution is -2.16. The van der Waals surface area contributed by atoms with Gasteiger partial charge in [-0.25, -0.2) is 0 Å². The smallest absolute Gasteiger partial charge is 0.505 e. The normalized spacial score (nSPS) is 12.0. The molecule has 0 aliphatic heterocycles. The van der Waals surface area contributed by atoms with Crippen molar-refractivity contribution in [2.45, 2.75) is 13.3 Å². The molecule has 2 aromatic carbocycles. The van der Waals surface area contributed by atoms with E-state index in [1.165, 1.54) is 29.8 Å². The van der Waals surface area contributed by atoms with E-state index in [0.29, 0.717) is 16.6 Å². The first-order valence-corrected chi connectivity index (χ1v) is 7.49. The van der Waals surface area contributed by atoms with Crippen LogP contribution in [0.15, 0.2) is 53.5 Å². The number of aromatic nitrogens is 1. The molecule has 0 spiro atoms. The summed E-state index contributed by atoms with van der Waals surface area (Å²) in [6.07, 6.45) is -3.48. The van der Waals surface area contributed by atoms with Gasteiger partial charge in [-0.15, -0.1) is 13.2 Å². The van der Waals surface area contributed by atoms with Gasteiger partial charge in [-0.2, -0.15) is 0 Å². The molecule has 0 saturated heterocycles. The van der Waals surface area contributed by atoms with Gasteiger partial charge in [0, 0.05) is 12.3 Å². The maximum Gasteiger partial charge on any atom is 0.573 e. The highest BCUT2D eigenvalue weighted by Gasteiger charge is 2.30. The minimum absolute atomic E-state index is 0.100. The first-order valence-electron chi connectivity index (χ1n) is 7.49. The van der Waals surface area contributed by atoms with Crippen molar-refractivity contribution >= 4 is 28.7 Å². The molecular weight excluding hydrogens is 349 g/mol. The van der Waals surface area contributed by atoms with Crippen LogP contribution in [0.4, 0.5) is 18.9 Å². The van der Waals surface area contributed by atoms with Crippen molar-refractivity contribution in [1.82, 2.24) is 4.57 Å². The lowest BCUT2D eigenvalue weighted by Gasteiger charge is -2.08. The predicted octanol–water partition coefficient (Wildman–Crippen LogP) is 4.66. The van der Waals surface area contributed by atoms with E-state index in [9.17, 15) is 23.1 Å². The topological polar surface area (TPSA) is 63.8 Å². The van der Waals surface area contributed by atoms with Crippen molar-refractivity contribution in [2.75, 3.05) is 0 Å². The molecule has 1 aromatic heterocycles. The number of carbonyl (C=O) groups excluding carboxylic acids is 1. The number of rotatable bonds is 3. The zero-order valence-electron chi connectivity index (χ0n) is 13.5. The number of benzene rings is 2. The Labute approximate surface area is 146 Å². The summed E-state index contributed by atoms with van der Waals surface area (Å²) in [5.41, 5.74) is 1.06. The van der Waals surface area contributed by atoms with Crippen LogP contribution in [0.2, 0.25) is 0 Å². The minimum atomic E-state index is -4.76. The van der Waals surface area contributed by atoms with Crippen LogP contribution in [0.3, 0.4) is 0 Å². The lowest BCUT2D eigenvalue weighted by atomic mass is 10.2. The Balaban J connectivity index is 1.95. The third kappa shape index (κ3) is 3.53. The Morgan fingerprint density at radius 3 is 2.42 bits per heavy atom. The molecule has 0 aliphatic rings. The van der Waals surface area contributed by atoms with Crippen LogP contribution in [0.25, 0.3) is 10.9 Å². The van der Waals surface area contributed by atoms with Crippen molar-refractivity contribution < 1.29 is 27.8 Å². The van der Waals surface area contributed by atoms with Crippen LogP contribution in [-0.2, 0) is 0 Å². The van der Waals surface area contributed by atoms with Gasteiger partial charge in [-0.3, -0.25) is 14.4 Å². The zero-order valence-corrected chi connectivity index (χ0v) is 13.5. The van der Waals surface area contributed by atoms with E-state index in [1.54, 1.807) is 24.3 Å². The van der Waals surface area contributed by atoms with Gasteiger partial charge in [0.2, 0.25) is 5.91 Å². The van der Waals surface area contributed by atoms with Crippen LogP contribution in [0.5, 0.6) is 11.5 Å². The van der Waals surface area contributed by atoms with Crippen LogP contribution in [0.1, 0.15) is 17.4 Å². The van der Waals surface area contributed by atoms with Crippen LogP contribution in [0, 0.1) is 0 Å². The Hall–Kier alpha value is -3.29. The van der Waals surface area contributed by atoms with Crippen LogP contribution in [-0.4, -0.2) is 28.2 Å². The summed E-state index contributed by atoms with van der Waals surface area (Å²) in [7, 11) is 0. The highest BCUT2D eigenvalue weighted by atomic mass is 19.4. The Bertz CT molecular complexity index is 989. The molecule has 0 saturated carbocycles. The second-order valence-corrected chi connectivity index (χ2v) is 5.41. The van der Waals surface area contributed by atoms with Crippen LogP contribution < -0.4 is 4.74 Å². The Morgan fingerprint density at radius 2 is 1.81 bits per heavy atom. The number of hydrogen-bond acceptors (Lipinski definition) is 4. The average molecular weight is 362 g/mol. The van der Waals surface area contributed by atoms with Gasteiger partial charge < -0.3 is 9.84 Å². The second-order valence-electron chi connectivity index (χ2n) is 5.41. The molecule has 0 unspecified atom stereocenters. The molecule has 3 aromatic rings. The van der Waals surface area contributed by atoms with Gasteiger partial charge in [0.1, 0.15) is 11.4 Å². The van der Waals surface area contributed by atoms with Gasteiger partial charge in [0.05, 0.1) is 17.4 Å². The number of carbonyl (C=O) groups is 1. The monoisotopic (exact) mass is 362 g/mol. The maximum atomic E-state index is 12.2. The van der Waals surface area contributed by atoms with E-state index in [-0.39, 0.29) is 23.1 Å². The highest BCUT2D eigenvalue weighted by molar-refractivity contribution is 6.04. The van der Waals surface area contributed by atoms with E-state index in [0.717, 1.165) is 12.1 Å². The molecule has 134 valence electrons. The third-order valence-corrected chi connectivity index (χ3v) is 3.60.